The molecular formula is C11H20N2S. The van der Waals surface area contributed by atoms with E-state index >= 15 is 0 Å². The molecule has 0 saturated heterocycles. The second kappa shape index (κ2) is 5.49. The molecule has 0 fully saturated rings. The third-order valence-electron chi connectivity index (χ3n) is 2.64. The molecule has 1 heterocycles. The highest BCUT2D eigenvalue weighted by molar-refractivity contribution is 7.12. The maximum Gasteiger partial charge on any atom is 0.0555 e. The Kier molecular flexibility index (Phi) is 4.58. The largest absolute Gasteiger partial charge is 0.271 e. The lowest BCUT2D eigenvalue weighted by Crippen LogP contribution is -2.28. The normalized spacial score (nSPS) is 15.4. The van der Waals surface area contributed by atoms with Crippen LogP contribution in [0.25, 0.3) is 0 Å². The van der Waals surface area contributed by atoms with E-state index < -0.39 is 0 Å². The second-order valence-electron chi connectivity index (χ2n) is 3.92. The first-order chi connectivity index (χ1) is 6.67. The summed E-state index contributed by atoms with van der Waals surface area (Å²) < 4.78 is 0. The molecule has 0 spiro atoms. The van der Waals surface area contributed by atoms with Gasteiger partial charge in [-0.15, -0.1) is 11.3 Å². The first kappa shape index (κ1) is 11.7. The highest BCUT2D eigenvalue weighted by atomic mass is 32.1. The number of nitrogens with one attached hydrogen (secondary N) is 1. The van der Waals surface area contributed by atoms with Crippen LogP contribution >= 0.6 is 11.3 Å². The van der Waals surface area contributed by atoms with Gasteiger partial charge in [0.05, 0.1) is 6.04 Å². The average Bonchev–Trinajstić information content (AvgIpc) is 2.60. The molecule has 1 aromatic heterocycles. The Morgan fingerprint density at radius 1 is 1.50 bits per heavy atom. The van der Waals surface area contributed by atoms with Gasteiger partial charge >= 0.3 is 0 Å². The molecule has 0 amide bonds. The molecule has 1 aromatic rings. The molecule has 80 valence electrons. The summed E-state index contributed by atoms with van der Waals surface area (Å²) in [6, 6.07) is 4.65. The first-order valence-corrected chi connectivity index (χ1v) is 6.01. The zero-order valence-electron chi connectivity index (χ0n) is 9.21. The summed E-state index contributed by atoms with van der Waals surface area (Å²) in [6.07, 6.45) is 2.33. The Morgan fingerprint density at radius 3 is 2.64 bits per heavy atom. The summed E-state index contributed by atoms with van der Waals surface area (Å²) in [5.74, 6) is 6.29. The minimum atomic E-state index is 0.323. The van der Waals surface area contributed by atoms with Crippen LogP contribution in [-0.2, 0) is 0 Å². The van der Waals surface area contributed by atoms with Crippen LogP contribution in [0.1, 0.15) is 42.5 Å². The minimum Gasteiger partial charge on any atom is -0.271 e. The minimum absolute atomic E-state index is 0.323. The predicted molar refractivity (Wildman–Crippen MR) is 63.2 cm³/mol. The van der Waals surface area contributed by atoms with Gasteiger partial charge < -0.3 is 0 Å². The van der Waals surface area contributed by atoms with E-state index in [0.717, 1.165) is 12.3 Å². The van der Waals surface area contributed by atoms with Gasteiger partial charge in [-0.3, -0.25) is 11.3 Å². The molecule has 14 heavy (non-hydrogen) atoms. The van der Waals surface area contributed by atoms with Crippen molar-refractivity contribution in [2.45, 2.75) is 39.7 Å². The summed E-state index contributed by atoms with van der Waals surface area (Å²) in [5, 5.41) is 0. The summed E-state index contributed by atoms with van der Waals surface area (Å²) >= 11 is 1.83. The number of hydrogen-bond acceptors (Lipinski definition) is 3. The van der Waals surface area contributed by atoms with Gasteiger partial charge in [-0.2, -0.15) is 0 Å². The van der Waals surface area contributed by atoms with E-state index in [1.807, 2.05) is 11.3 Å². The number of hydrogen-bond donors (Lipinski definition) is 2. The summed E-state index contributed by atoms with van der Waals surface area (Å²) in [7, 11) is 0. The highest BCUT2D eigenvalue weighted by Crippen LogP contribution is 2.27. The van der Waals surface area contributed by atoms with Crippen LogP contribution in [0.4, 0.5) is 0 Å². The maximum absolute atomic E-state index is 5.57. The van der Waals surface area contributed by atoms with Crippen LogP contribution < -0.4 is 11.3 Å². The number of thiophene rings is 1. The molecule has 2 unspecified atom stereocenters. The third-order valence-corrected chi connectivity index (χ3v) is 3.76. The fraction of sp³-hybridized carbons (Fsp3) is 0.636. The lowest BCUT2D eigenvalue weighted by molar-refractivity contribution is 0.412. The molecule has 0 aromatic carbocycles. The molecule has 3 heteroatoms. The Bertz CT molecular complexity index is 270. The van der Waals surface area contributed by atoms with Gasteiger partial charge in [0.15, 0.2) is 0 Å². The summed E-state index contributed by atoms with van der Waals surface area (Å²) in [5.41, 5.74) is 2.91. The van der Waals surface area contributed by atoms with Crippen LogP contribution in [0.5, 0.6) is 0 Å². The molecule has 2 atom stereocenters. The maximum atomic E-state index is 5.57. The number of aryl methyl sites for hydroxylation is 1. The van der Waals surface area contributed by atoms with Gasteiger partial charge in [0.25, 0.3) is 0 Å². The number of hydrazine groups is 1. The van der Waals surface area contributed by atoms with Gasteiger partial charge in [-0.25, -0.2) is 0 Å². The van der Waals surface area contributed by atoms with E-state index in [2.05, 4.69) is 38.3 Å². The van der Waals surface area contributed by atoms with Gasteiger partial charge in [-0.1, -0.05) is 20.3 Å². The zero-order chi connectivity index (χ0) is 10.6. The van der Waals surface area contributed by atoms with E-state index in [-0.39, 0.29) is 0 Å². The molecule has 0 aliphatic carbocycles. The topological polar surface area (TPSA) is 38.0 Å². The zero-order valence-corrected chi connectivity index (χ0v) is 10.0. The van der Waals surface area contributed by atoms with Crippen molar-refractivity contribution in [2.75, 3.05) is 0 Å². The molecular weight excluding hydrogens is 192 g/mol. The Morgan fingerprint density at radius 2 is 2.21 bits per heavy atom. The van der Waals surface area contributed by atoms with Crippen LogP contribution in [0.3, 0.4) is 0 Å². The summed E-state index contributed by atoms with van der Waals surface area (Å²) in [6.45, 7) is 6.62. The van der Waals surface area contributed by atoms with Crippen molar-refractivity contribution in [2.24, 2.45) is 11.8 Å². The van der Waals surface area contributed by atoms with Gasteiger partial charge in [0, 0.05) is 9.75 Å². The third kappa shape index (κ3) is 3.08. The standard InChI is InChI=1S/C11H20N2S/c1-4-8(2)7-10(13-12)11-6-5-9(3)14-11/h5-6,8,10,13H,4,7,12H2,1-3H3. The fourth-order valence-corrected chi connectivity index (χ4v) is 2.43. The molecule has 2 nitrogen and oxygen atoms in total. The van der Waals surface area contributed by atoms with E-state index in [9.17, 15) is 0 Å². The van der Waals surface area contributed by atoms with Crippen molar-refractivity contribution in [3.63, 3.8) is 0 Å². The Labute approximate surface area is 90.5 Å². The van der Waals surface area contributed by atoms with Crippen LogP contribution in [-0.4, -0.2) is 0 Å². The van der Waals surface area contributed by atoms with Crippen molar-refractivity contribution in [3.8, 4) is 0 Å². The molecule has 0 saturated carbocycles. The Hall–Kier alpha value is -0.380. The van der Waals surface area contributed by atoms with Crippen LogP contribution in [0.15, 0.2) is 12.1 Å². The lowest BCUT2D eigenvalue weighted by Gasteiger charge is -2.17. The van der Waals surface area contributed by atoms with E-state index in [1.54, 1.807) is 0 Å². The van der Waals surface area contributed by atoms with Crippen molar-refractivity contribution in [1.29, 1.82) is 0 Å². The molecule has 0 radical (unpaired) electrons. The molecule has 0 aliphatic rings. The summed E-state index contributed by atoms with van der Waals surface area (Å²) in [4.78, 5) is 2.70. The van der Waals surface area contributed by atoms with Crippen molar-refractivity contribution in [1.82, 2.24) is 5.43 Å². The van der Waals surface area contributed by atoms with Crippen LogP contribution in [0.2, 0.25) is 0 Å². The highest BCUT2D eigenvalue weighted by Gasteiger charge is 2.14. The molecule has 3 N–H and O–H groups in total. The molecule has 0 bridgehead atoms. The van der Waals surface area contributed by atoms with Gasteiger partial charge in [0.2, 0.25) is 0 Å². The van der Waals surface area contributed by atoms with Gasteiger partial charge in [0.1, 0.15) is 0 Å². The van der Waals surface area contributed by atoms with Gasteiger partial charge in [-0.05, 0) is 31.4 Å². The lowest BCUT2D eigenvalue weighted by atomic mass is 9.99. The SMILES string of the molecule is CCC(C)CC(NN)c1ccc(C)s1. The smallest absolute Gasteiger partial charge is 0.0555 e. The van der Waals surface area contributed by atoms with E-state index in [1.165, 1.54) is 16.2 Å². The number of nitrogens with two attached hydrogens (primary N) is 1. The molecule has 1 rings (SSSR count). The number of rotatable bonds is 5. The fourth-order valence-electron chi connectivity index (χ4n) is 1.48. The van der Waals surface area contributed by atoms with Crippen molar-refractivity contribution < 1.29 is 0 Å². The monoisotopic (exact) mass is 212 g/mol. The first-order valence-electron chi connectivity index (χ1n) is 5.19. The average molecular weight is 212 g/mol. The predicted octanol–water partition coefficient (Wildman–Crippen LogP) is 3.00. The molecule has 0 aliphatic heterocycles. The Balaban J connectivity index is 2.62. The van der Waals surface area contributed by atoms with Crippen molar-refractivity contribution in [3.05, 3.63) is 21.9 Å². The second-order valence-corrected chi connectivity index (χ2v) is 5.24. The van der Waals surface area contributed by atoms with E-state index in [0.29, 0.717) is 6.04 Å². The quantitative estimate of drug-likeness (QED) is 0.581. The van der Waals surface area contributed by atoms with Crippen LogP contribution in [0, 0.1) is 12.8 Å². The van der Waals surface area contributed by atoms with Crippen molar-refractivity contribution >= 4 is 11.3 Å². The van der Waals surface area contributed by atoms with E-state index in [4.69, 9.17) is 5.84 Å².